The van der Waals surface area contributed by atoms with Crippen molar-refractivity contribution < 1.29 is 4.39 Å². The van der Waals surface area contributed by atoms with E-state index in [9.17, 15) is 4.39 Å². The normalized spacial score (nSPS) is 32.1. The fourth-order valence-corrected chi connectivity index (χ4v) is 5.02. The van der Waals surface area contributed by atoms with Crippen molar-refractivity contribution in [3.05, 3.63) is 34.6 Å². The van der Waals surface area contributed by atoms with E-state index < -0.39 is 0 Å². The van der Waals surface area contributed by atoms with Crippen LogP contribution in [-0.4, -0.2) is 0 Å². The van der Waals surface area contributed by atoms with Gasteiger partial charge in [-0.3, -0.25) is 0 Å². The highest BCUT2D eigenvalue weighted by molar-refractivity contribution is 5.37. The van der Waals surface area contributed by atoms with Gasteiger partial charge in [0.1, 0.15) is 5.82 Å². The van der Waals surface area contributed by atoms with Gasteiger partial charge in [0.25, 0.3) is 0 Å². The Kier molecular flexibility index (Phi) is 4.61. The third kappa shape index (κ3) is 2.96. The van der Waals surface area contributed by atoms with E-state index in [0.717, 1.165) is 28.9 Å². The highest BCUT2D eigenvalue weighted by atomic mass is 19.1. The number of hydrogen-bond donors (Lipinski definition) is 0. The molecule has 0 aromatic heterocycles. The Labute approximate surface area is 135 Å². The maximum Gasteiger partial charge on any atom is 0.129 e. The first-order chi connectivity index (χ1) is 10.5. The molecule has 0 spiro atoms. The molecule has 4 unspecified atom stereocenters. The average Bonchev–Trinajstić information content (AvgIpc) is 2.49. The number of hydrogen-bond acceptors (Lipinski definition) is 0. The molecule has 1 heteroatoms. The minimum atomic E-state index is 0.0480. The molecule has 2 aliphatic carbocycles. The summed E-state index contributed by atoms with van der Waals surface area (Å²) in [7, 11) is 0. The summed E-state index contributed by atoms with van der Waals surface area (Å²) in [5, 5.41) is 0. The van der Waals surface area contributed by atoms with E-state index >= 15 is 0 Å². The summed E-state index contributed by atoms with van der Waals surface area (Å²) in [5.74, 6) is 3.66. The first-order valence-corrected chi connectivity index (χ1v) is 9.26. The van der Waals surface area contributed by atoms with E-state index in [1.54, 1.807) is 0 Å². The van der Waals surface area contributed by atoms with Crippen LogP contribution in [0.3, 0.4) is 0 Å². The van der Waals surface area contributed by atoms with Gasteiger partial charge in [0.15, 0.2) is 0 Å². The van der Waals surface area contributed by atoms with Crippen LogP contribution >= 0.6 is 0 Å². The van der Waals surface area contributed by atoms with Crippen LogP contribution in [0, 0.1) is 30.5 Å². The zero-order chi connectivity index (χ0) is 15.9. The molecule has 0 aliphatic heterocycles. The van der Waals surface area contributed by atoms with Crippen LogP contribution in [0.25, 0.3) is 0 Å². The van der Waals surface area contributed by atoms with Crippen molar-refractivity contribution in [1.82, 2.24) is 0 Å². The minimum Gasteiger partial charge on any atom is -0.206 e. The molecule has 0 bridgehead atoms. The van der Waals surface area contributed by atoms with Gasteiger partial charge in [0.05, 0.1) is 0 Å². The average molecular weight is 302 g/mol. The fourth-order valence-electron chi connectivity index (χ4n) is 5.02. The Balaban J connectivity index is 1.79. The molecule has 22 heavy (non-hydrogen) atoms. The predicted molar refractivity (Wildman–Crippen MR) is 91.8 cm³/mol. The minimum absolute atomic E-state index is 0.0480. The van der Waals surface area contributed by atoms with Crippen molar-refractivity contribution in [2.45, 2.75) is 78.1 Å². The molecule has 1 aromatic rings. The van der Waals surface area contributed by atoms with Gasteiger partial charge in [-0.25, -0.2) is 4.39 Å². The van der Waals surface area contributed by atoms with Crippen LogP contribution in [0.4, 0.5) is 4.39 Å². The molecule has 2 fully saturated rings. The summed E-state index contributed by atoms with van der Waals surface area (Å²) in [6, 6.07) is 4.27. The predicted octanol–water partition coefficient (Wildman–Crippen LogP) is 6.58. The summed E-state index contributed by atoms with van der Waals surface area (Å²) in [6.45, 7) is 8.55. The molecular weight excluding hydrogens is 271 g/mol. The zero-order valence-electron chi connectivity index (χ0n) is 14.7. The number of fused-ring (bicyclic) bond motifs is 1. The Bertz CT molecular complexity index is 531. The lowest BCUT2D eigenvalue weighted by Gasteiger charge is -2.42. The first-order valence-electron chi connectivity index (χ1n) is 9.26. The molecular formula is C21H31F. The Hall–Kier alpha value is -0.850. The van der Waals surface area contributed by atoms with Gasteiger partial charge in [-0.1, -0.05) is 39.3 Å². The van der Waals surface area contributed by atoms with E-state index in [2.05, 4.69) is 26.8 Å². The van der Waals surface area contributed by atoms with Crippen molar-refractivity contribution in [2.24, 2.45) is 17.8 Å². The maximum absolute atomic E-state index is 14.7. The highest BCUT2D eigenvalue weighted by Crippen LogP contribution is 2.48. The lowest BCUT2D eigenvalue weighted by Crippen LogP contribution is -2.30. The summed E-state index contributed by atoms with van der Waals surface area (Å²) < 4.78 is 14.7. The van der Waals surface area contributed by atoms with Crippen LogP contribution in [0.15, 0.2) is 12.1 Å². The van der Waals surface area contributed by atoms with Gasteiger partial charge < -0.3 is 0 Å². The number of halogens is 1. The van der Waals surface area contributed by atoms with Crippen molar-refractivity contribution in [3.8, 4) is 0 Å². The summed E-state index contributed by atoms with van der Waals surface area (Å²) in [6.07, 6.45) is 8.12. The van der Waals surface area contributed by atoms with Crippen LogP contribution < -0.4 is 0 Å². The molecule has 4 atom stereocenters. The molecule has 0 heterocycles. The summed E-state index contributed by atoms with van der Waals surface area (Å²) in [5.41, 5.74) is 3.08. The van der Waals surface area contributed by atoms with Crippen LogP contribution in [0.5, 0.6) is 0 Å². The van der Waals surface area contributed by atoms with Crippen molar-refractivity contribution in [2.75, 3.05) is 0 Å². The molecule has 0 saturated heterocycles. The van der Waals surface area contributed by atoms with Crippen molar-refractivity contribution >= 4 is 0 Å². The van der Waals surface area contributed by atoms with E-state index in [4.69, 9.17) is 0 Å². The number of rotatable bonds is 2. The lowest BCUT2D eigenvalue weighted by molar-refractivity contribution is 0.124. The van der Waals surface area contributed by atoms with Gasteiger partial charge >= 0.3 is 0 Å². The molecule has 0 radical (unpaired) electrons. The standard InChI is InChI=1S/C21H31F/c1-13(2)19-9-10-20(15(4)21(19)22)18-8-7-16-11-14(3)5-6-17(16)12-18/h9-10,13-14,16-18H,5-8,11-12H2,1-4H3. The molecule has 3 rings (SSSR count). The Morgan fingerprint density at radius 1 is 1.00 bits per heavy atom. The van der Waals surface area contributed by atoms with E-state index in [0.29, 0.717) is 5.92 Å². The third-order valence-corrected chi connectivity index (χ3v) is 6.40. The highest BCUT2D eigenvalue weighted by Gasteiger charge is 2.35. The van der Waals surface area contributed by atoms with Crippen LogP contribution in [0.1, 0.15) is 87.8 Å². The SMILES string of the molecule is Cc1c(C2CCC3CC(C)CCC3C2)ccc(C(C)C)c1F. The van der Waals surface area contributed by atoms with Crippen molar-refractivity contribution in [1.29, 1.82) is 0 Å². The Morgan fingerprint density at radius 3 is 2.41 bits per heavy atom. The van der Waals surface area contributed by atoms with Crippen molar-refractivity contribution in [3.63, 3.8) is 0 Å². The molecule has 0 nitrogen and oxygen atoms in total. The second-order valence-corrected chi connectivity index (χ2v) is 8.29. The monoisotopic (exact) mass is 302 g/mol. The smallest absolute Gasteiger partial charge is 0.129 e. The number of benzene rings is 1. The molecule has 2 aliphatic rings. The van der Waals surface area contributed by atoms with Gasteiger partial charge in [-0.15, -0.1) is 0 Å². The van der Waals surface area contributed by atoms with Gasteiger partial charge in [-0.05, 0) is 85.3 Å². The van der Waals surface area contributed by atoms with Gasteiger partial charge in [-0.2, -0.15) is 0 Å². The topological polar surface area (TPSA) is 0 Å². The molecule has 0 amide bonds. The molecule has 1 aromatic carbocycles. The summed E-state index contributed by atoms with van der Waals surface area (Å²) in [4.78, 5) is 0. The van der Waals surface area contributed by atoms with Crippen LogP contribution in [-0.2, 0) is 0 Å². The second-order valence-electron chi connectivity index (χ2n) is 8.29. The lowest BCUT2D eigenvalue weighted by atomic mass is 9.64. The molecule has 122 valence electrons. The molecule has 2 saturated carbocycles. The van der Waals surface area contributed by atoms with Crippen LogP contribution in [0.2, 0.25) is 0 Å². The fraction of sp³-hybridized carbons (Fsp3) is 0.714. The third-order valence-electron chi connectivity index (χ3n) is 6.40. The quantitative estimate of drug-likeness (QED) is 0.579. The Morgan fingerprint density at radius 2 is 1.68 bits per heavy atom. The second kappa shape index (κ2) is 6.34. The van der Waals surface area contributed by atoms with E-state index in [1.165, 1.54) is 44.1 Å². The van der Waals surface area contributed by atoms with Gasteiger partial charge in [0.2, 0.25) is 0 Å². The zero-order valence-corrected chi connectivity index (χ0v) is 14.7. The summed E-state index contributed by atoms with van der Waals surface area (Å²) >= 11 is 0. The largest absolute Gasteiger partial charge is 0.206 e. The van der Waals surface area contributed by atoms with E-state index in [1.807, 2.05) is 13.0 Å². The van der Waals surface area contributed by atoms with E-state index in [-0.39, 0.29) is 11.7 Å². The molecule has 0 N–H and O–H groups in total. The first kappa shape index (κ1) is 16.0. The maximum atomic E-state index is 14.7. The van der Waals surface area contributed by atoms with Gasteiger partial charge in [0, 0.05) is 0 Å².